The third kappa shape index (κ3) is 3.04. The largest absolute Gasteiger partial charge is 0.419 e. The maximum Gasteiger partial charge on any atom is 0.419 e. The summed E-state index contributed by atoms with van der Waals surface area (Å²) >= 11 is 0. The van der Waals surface area contributed by atoms with Crippen LogP contribution in [0, 0.1) is 19.7 Å². The van der Waals surface area contributed by atoms with Crippen LogP contribution in [0.5, 0.6) is 0 Å². The zero-order chi connectivity index (χ0) is 15.8. The molecule has 1 aromatic carbocycles. The van der Waals surface area contributed by atoms with Crippen LogP contribution >= 0.6 is 0 Å². The van der Waals surface area contributed by atoms with Gasteiger partial charge in [-0.25, -0.2) is 14.1 Å². The highest BCUT2D eigenvalue weighted by Gasteiger charge is 2.36. The fourth-order valence-corrected chi connectivity index (χ4v) is 1.86. The van der Waals surface area contributed by atoms with E-state index in [2.05, 4.69) is 10.1 Å². The summed E-state index contributed by atoms with van der Waals surface area (Å²) in [5.41, 5.74) is 4.36. The predicted molar refractivity (Wildman–Crippen MR) is 70.5 cm³/mol. The van der Waals surface area contributed by atoms with Gasteiger partial charge in [-0.3, -0.25) is 0 Å². The van der Waals surface area contributed by atoms with Crippen molar-refractivity contribution >= 4 is 12.2 Å². The van der Waals surface area contributed by atoms with Gasteiger partial charge in [-0.05, 0) is 19.4 Å². The van der Waals surface area contributed by atoms with Gasteiger partial charge in [0.15, 0.2) is 0 Å². The molecular weight excluding hydrogens is 288 g/mol. The molecule has 2 aromatic rings. The lowest BCUT2D eigenvalue weighted by Crippen LogP contribution is -2.12. The Morgan fingerprint density at radius 2 is 1.95 bits per heavy atom. The second-order valence-electron chi connectivity index (χ2n) is 4.49. The van der Waals surface area contributed by atoms with Gasteiger partial charge in [0.2, 0.25) is 5.95 Å². The van der Waals surface area contributed by atoms with Crippen molar-refractivity contribution in [1.29, 1.82) is 0 Å². The van der Waals surface area contributed by atoms with Crippen molar-refractivity contribution in [3.05, 3.63) is 46.5 Å². The standard InChI is InChI=1S/C13H12F4N4/c1-7-3-4-9(11(14)10(7)13(15,16)17)5-19-21-6-8(2)20-12(21)18/h3-6H,1-2H3,(H2,18,20). The SMILES string of the molecule is Cc1cn(N=Cc2ccc(C)c(C(F)(F)F)c2F)c(N)n1. The van der Waals surface area contributed by atoms with Crippen LogP contribution in [0.2, 0.25) is 0 Å². The van der Waals surface area contributed by atoms with E-state index in [1.165, 1.54) is 25.3 Å². The van der Waals surface area contributed by atoms with Crippen LogP contribution in [0.3, 0.4) is 0 Å². The lowest BCUT2D eigenvalue weighted by molar-refractivity contribution is -0.140. The van der Waals surface area contributed by atoms with Gasteiger partial charge in [0.05, 0.1) is 23.7 Å². The lowest BCUT2D eigenvalue weighted by atomic mass is 10.0. The van der Waals surface area contributed by atoms with Gasteiger partial charge in [-0.2, -0.15) is 18.3 Å². The van der Waals surface area contributed by atoms with Gasteiger partial charge in [0, 0.05) is 5.56 Å². The number of hydrogen-bond donors (Lipinski definition) is 1. The molecule has 8 heteroatoms. The first kappa shape index (κ1) is 15.0. The third-order valence-corrected chi connectivity index (χ3v) is 2.82. The molecule has 0 aliphatic carbocycles. The smallest absolute Gasteiger partial charge is 0.368 e. The van der Waals surface area contributed by atoms with Gasteiger partial charge in [0.1, 0.15) is 5.82 Å². The molecule has 0 bridgehead atoms. The van der Waals surface area contributed by atoms with E-state index in [0.717, 1.165) is 10.9 Å². The van der Waals surface area contributed by atoms with Crippen LogP contribution in [-0.2, 0) is 6.18 Å². The molecule has 0 radical (unpaired) electrons. The monoisotopic (exact) mass is 300 g/mol. The fraction of sp³-hybridized carbons (Fsp3) is 0.231. The van der Waals surface area contributed by atoms with E-state index in [9.17, 15) is 17.6 Å². The number of anilines is 1. The fourth-order valence-electron chi connectivity index (χ4n) is 1.86. The molecule has 0 saturated carbocycles. The Hall–Kier alpha value is -2.38. The Morgan fingerprint density at radius 3 is 2.48 bits per heavy atom. The summed E-state index contributed by atoms with van der Waals surface area (Å²) in [7, 11) is 0. The average Bonchev–Trinajstić information content (AvgIpc) is 2.65. The van der Waals surface area contributed by atoms with Crippen LogP contribution in [0.15, 0.2) is 23.4 Å². The molecule has 0 amide bonds. The Kier molecular flexibility index (Phi) is 3.71. The van der Waals surface area contributed by atoms with Crippen molar-refractivity contribution in [2.45, 2.75) is 20.0 Å². The summed E-state index contributed by atoms with van der Waals surface area (Å²) < 4.78 is 53.5. The van der Waals surface area contributed by atoms with E-state index < -0.39 is 17.6 Å². The molecule has 0 unspecified atom stereocenters. The molecule has 2 N–H and O–H groups in total. The Labute approximate surface area is 117 Å². The quantitative estimate of drug-likeness (QED) is 0.684. The number of hydrogen-bond acceptors (Lipinski definition) is 3. The number of imidazole rings is 1. The highest BCUT2D eigenvalue weighted by atomic mass is 19.4. The van der Waals surface area contributed by atoms with Crippen molar-refractivity contribution in [2.75, 3.05) is 5.73 Å². The minimum Gasteiger partial charge on any atom is -0.368 e. The number of alkyl halides is 3. The molecule has 4 nitrogen and oxygen atoms in total. The van der Waals surface area contributed by atoms with E-state index in [1.54, 1.807) is 6.92 Å². The van der Waals surface area contributed by atoms with Crippen molar-refractivity contribution in [3.63, 3.8) is 0 Å². The first-order valence-electron chi connectivity index (χ1n) is 5.92. The summed E-state index contributed by atoms with van der Waals surface area (Å²) in [4.78, 5) is 3.87. The number of benzene rings is 1. The molecule has 0 aliphatic heterocycles. The normalized spacial score (nSPS) is 12.3. The minimum absolute atomic E-state index is 0.0623. The minimum atomic E-state index is -4.76. The molecule has 21 heavy (non-hydrogen) atoms. The Morgan fingerprint density at radius 1 is 1.29 bits per heavy atom. The van der Waals surface area contributed by atoms with Crippen LogP contribution in [0.1, 0.15) is 22.4 Å². The molecule has 0 fully saturated rings. The van der Waals surface area contributed by atoms with Crippen molar-refractivity contribution in [2.24, 2.45) is 5.10 Å². The number of nitrogens with zero attached hydrogens (tertiary/aromatic N) is 3. The van der Waals surface area contributed by atoms with Crippen LogP contribution < -0.4 is 5.73 Å². The van der Waals surface area contributed by atoms with E-state index in [1.807, 2.05) is 0 Å². The molecule has 0 atom stereocenters. The maximum atomic E-state index is 14.0. The van der Waals surface area contributed by atoms with Crippen LogP contribution in [-0.4, -0.2) is 15.9 Å². The average molecular weight is 300 g/mol. The highest BCUT2D eigenvalue weighted by Crippen LogP contribution is 2.34. The molecule has 1 aromatic heterocycles. The summed E-state index contributed by atoms with van der Waals surface area (Å²) in [6.07, 6.45) is -2.31. The van der Waals surface area contributed by atoms with Crippen LogP contribution in [0.4, 0.5) is 23.5 Å². The first-order valence-corrected chi connectivity index (χ1v) is 5.92. The molecule has 0 spiro atoms. The Balaban J connectivity index is 2.44. The van der Waals surface area contributed by atoms with E-state index in [-0.39, 0.29) is 17.1 Å². The number of halogens is 4. The molecule has 112 valence electrons. The van der Waals surface area contributed by atoms with Crippen molar-refractivity contribution < 1.29 is 17.6 Å². The molecule has 1 heterocycles. The third-order valence-electron chi connectivity index (χ3n) is 2.82. The summed E-state index contributed by atoms with van der Waals surface area (Å²) in [6.45, 7) is 2.88. The zero-order valence-corrected chi connectivity index (χ0v) is 11.2. The van der Waals surface area contributed by atoms with Crippen molar-refractivity contribution in [1.82, 2.24) is 9.66 Å². The molecular formula is C13H12F4N4. The number of nitrogens with two attached hydrogens (primary N) is 1. The second-order valence-corrected chi connectivity index (χ2v) is 4.49. The topological polar surface area (TPSA) is 56.2 Å². The summed E-state index contributed by atoms with van der Waals surface area (Å²) in [6, 6.07) is 2.42. The maximum absolute atomic E-state index is 14.0. The lowest BCUT2D eigenvalue weighted by Gasteiger charge is -2.12. The van der Waals surface area contributed by atoms with Gasteiger partial charge < -0.3 is 5.73 Å². The first-order chi connectivity index (χ1) is 9.70. The Bertz CT molecular complexity index is 701. The molecule has 0 saturated heterocycles. The van der Waals surface area contributed by atoms with Gasteiger partial charge in [0.25, 0.3) is 0 Å². The molecule has 2 rings (SSSR count). The van der Waals surface area contributed by atoms with E-state index >= 15 is 0 Å². The van der Waals surface area contributed by atoms with E-state index in [4.69, 9.17) is 5.73 Å². The number of rotatable bonds is 2. The second kappa shape index (κ2) is 5.19. The van der Waals surface area contributed by atoms with Gasteiger partial charge in [-0.15, -0.1) is 0 Å². The number of nitrogen functional groups attached to an aromatic ring is 1. The van der Waals surface area contributed by atoms with E-state index in [0.29, 0.717) is 5.69 Å². The summed E-state index contributed by atoms with van der Waals surface area (Å²) in [5.74, 6) is -1.30. The van der Waals surface area contributed by atoms with Crippen LogP contribution in [0.25, 0.3) is 0 Å². The highest BCUT2D eigenvalue weighted by molar-refractivity contribution is 5.80. The number of aromatic nitrogens is 2. The van der Waals surface area contributed by atoms with Gasteiger partial charge >= 0.3 is 6.18 Å². The number of aryl methyl sites for hydroxylation is 2. The molecule has 0 aliphatic rings. The van der Waals surface area contributed by atoms with Gasteiger partial charge in [-0.1, -0.05) is 12.1 Å². The van der Waals surface area contributed by atoms with Crippen molar-refractivity contribution in [3.8, 4) is 0 Å². The zero-order valence-electron chi connectivity index (χ0n) is 11.2. The predicted octanol–water partition coefficient (Wildman–Crippen LogP) is 3.12. The summed E-state index contributed by atoms with van der Waals surface area (Å²) in [5, 5.41) is 3.81.